The number of allylic oxidation sites excluding steroid dienone is 9. The first-order chi connectivity index (χ1) is 14.2. The molecular weight excluding hydrogens is 360 g/mol. The molecule has 0 radical (unpaired) electrons. The van der Waals surface area contributed by atoms with Gasteiger partial charge in [0.25, 0.3) is 0 Å². The Kier molecular flexibility index (Phi) is 17.7. The van der Waals surface area contributed by atoms with Gasteiger partial charge in [0.05, 0.1) is 0 Å². The maximum atomic E-state index is 3.88. The van der Waals surface area contributed by atoms with Crippen molar-refractivity contribution < 1.29 is 0 Å². The van der Waals surface area contributed by atoms with Gasteiger partial charge >= 0.3 is 0 Å². The summed E-state index contributed by atoms with van der Waals surface area (Å²) in [6.45, 7) is 19.9. The number of hydrogen-bond acceptors (Lipinski definition) is 0. The average Bonchev–Trinajstić information content (AvgIpc) is 2.64. The SMILES string of the molecule is C=C(C)/C=C/C=C(C)/C=C/C=C(\C)CCCCC(C)CCCC(C)CCCC(C)C. The molecule has 0 aromatic rings. The summed E-state index contributed by atoms with van der Waals surface area (Å²) in [6, 6.07) is 0. The van der Waals surface area contributed by atoms with E-state index in [1.807, 2.05) is 13.0 Å². The van der Waals surface area contributed by atoms with Crippen molar-refractivity contribution in [2.75, 3.05) is 0 Å². The van der Waals surface area contributed by atoms with E-state index < -0.39 is 0 Å². The largest absolute Gasteiger partial charge is 0.0961 e. The van der Waals surface area contributed by atoms with Crippen LogP contribution in [0.15, 0.2) is 59.8 Å². The fourth-order valence-corrected chi connectivity index (χ4v) is 3.74. The molecule has 0 aromatic carbocycles. The third-order valence-corrected chi connectivity index (χ3v) is 5.87. The molecular formula is C30H52. The predicted octanol–water partition coefficient (Wildman–Crippen LogP) is 10.4. The van der Waals surface area contributed by atoms with E-state index in [1.165, 1.54) is 75.4 Å². The zero-order valence-corrected chi connectivity index (χ0v) is 21.5. The van der Waals surface area contributed by atoms with Crippen LogP contribution < -0.4 is 0 Å². The lowest BCUT2D eigenvalue weighted by atomic mass is 9.91. The summed E-state index contributed by atoms with van der Waals surface area (Å²) < 4.78 is 0. The summed E-state index contributed by atoms with van der Waals surface area (Å²) in [5, 5.41) is 0. The highest BCUT2D eigenvalue weighted by atomic mass is 14.1. The van der Waals surface area contributed by atoms with E-state index in [-0.39, 0.29) is 0 Å². The lowest BCUT2D eigenvalue weighted by Gasteiger charge is -2.15. The molecule has 0 aliphatic carbocycles. The average molecular weight is 413 g/mol. The molecule has 2 unspecified atom stereocenters. The number of rotatable bonds is 17. The van der Waals surface area contributed by atoms with Crippen LogP contribution >= 0.6 is 0 Å². The van der Waals surface area contributed by atoms with Crippen LogP contribution in [0.4, 0.5) is 0 Å². The zero-order chi connectivity index (χ0) is 22.8. The lowest BCUT2D eigenvalue weighted by molar-refractivity contribution is 0.387. The van der Waals surface area contributed by atoms with Gasteiger partial charge in [-0.05, 0) is 51.4 Å². The van der Waals surface area contributed by atoms with E-state index in [0.29, 0.717) is 0 Å². The Hall–Kier alpha value is -1.30. The fourth-order valence-electron chi connectivity index (χ4n) is 3.74. The van der Waals surface area contributed by atoms with E-state index in [4.69, 9.17) is 0 Å². The van der Waals surface area contributed by atoms with Crippen LogP contribution in [0.5, 0.6) is 0 Å². The molecule has 0 aliphatic heterocycles. The third-order valence-electron chi connectivity index (χ3n) is 5.87. The monoisotopic (exact) mass is 412 g/mol. The molecule has 0 N–H and O–H groups in total. The Morgan fingerprint density at radius 1 is 0.667 bits per heavy atom. The summed E-state index contributed by atoms with van der Waals surface area (Å²) in [4.78, 5) is 0. The summed E-state index contributed by atoms with van der Waals surface area (Å²) in [5.41, 5.74) is 3.83. The molecule has 0 heterocycles. The summed E-state index contributed by atoms with van der Waals surface area (Å²) in [5.74, 6) is 2.66. The standard InChI is InChI=1S/C30H52/c1-25(2)15-11-19-29(7)23-13-21-27(5)17-9-10-18-28(6)22-14-24-30(8)20-12-16-26(3)4/h11,13,15,19,21,23,26,28,30H,1,9-10,12,14,16-18,20,22,24H2,2-8H3/b15-11+,23-13+,27-21+,29-19+. The first-order valence-electron chi connectivity index (χ1n) is 12.5. The van der Waals surface area contributed by atoms with Crippen LogP contribution in [-0.4, -0.2) is 0 Å². The van der Waals surface area contributed by atoms with Crippen molar-refractivity contribution in [3.05, 3.63) is 59.8 Å². The van der Waals surface area contributed by atoms with Crippen molar-refractivity contribution in [3.63, 3.8) is 0 Å². The maximum Gasteiger partial charge on any atom is -0.0320 e. The summed E-state index contributed by atoms with van der Waals surface area (Å²) >= 11 is 0. The van der Waals surface area contributed by atoms with Crippen molar-refractivity contribution in [1.82, 2.24) is 0 Å². The Morgan fingerprint density at radius 2 is 1.20 bits per heavy atom. The Bertz CT molecular complexity index is 553. The molecule has 0 saturated heterocycles. The normalized spacial score (nSPS) is 15.5. The lowest BCUT2D eigenvalue weighted by Crippen LogP contribution is -2.00. The van der Waals surface area contributed by atoms with Crippen molar-refractivity contribution in [2.24, 2.45) is 17.8 Å². The molecule has 2 atom stereocenters. The van der Waals surface area contributed by atoms with Gasteiger partial charge in [-0.2, -0.15) is 0 Å². The molecule has 0 rings (SSSR count). The molecule has 0 fully saturated rings. The molecule has 0 heteroatoms. The number of unbranched alkanes of at least 4 members (excludes halogenated alkanes) is 1. The minimum Gasteiger partial charge on any atom is -0.0961 e. The first-order valence-corrected chi connectivity index (χ1v) is 12.5. The van der Waals surface area contributed by atoms with Gasteiger partial charge < -0.3 is 0 Å². The first kappa shape index (κ1) is 28.7. The highest BCUT2D eigenvalue weighted by molar-refractivity contribution is 5.27. The Balaban J connectivity index is 3.88. The molecule has 172 valence electrons. The van der Waals surface area contributed by atoms with Gasteiger partial charge in [0.2, 0.25) is 0 Å². The highest BCUT2D eigenvalue weighted by Gasteiger charge is 2.06. The highest BCUT2D eigenvalue weighted by Crippen LogP contribution is 2.22. The molecule has 0 bridgehead atoms. The van der Waals surface area contributed by atoms with Crippen molar-refractivity contribution in [2.45, 2.75) is 113 Å². The van der Waals surface area contributed by atoms with Crippen LogP contribution in [0, 0.1) is 17.8 Å². The minimum absolute atomic E-state index is 0.863. The predicted molar refractivity (Wildman–Crippen MR) is 140 cm³/mol. The van der Waals surface area contributed by atoms with E-state index in [1.54, 1.807) is 0 Å². The van der Waals surface area contributed by atoms with Crippen LogP contribution in [0.1, 0.15) is 113 Å². The third kappa shape index (κ3) is 20.0. The van der Waals surface area contributed by atoms with Gasteiger partial charge in [-0.15, -0.1) is 0 Å². The van der Waals surface area contributed by atoms with Gasteiger partial charge in [0.15, 0.2) is 0 Å². The van der Waals surface area contributed by atoms with Gasteiger partial charge in [0.1, 0.15) is 0 Å². The van der Waals surface area contributed by atoms with Crippen LogP contribution in [-0.2, 0) is 0 Å². The smallest absolute Gasteiger partial charge is 0.0320 e. The van der Waals surface area contributed by atoms with Crippen LogP contribution in [0.3, 0.4) is 0 Å². The topological polar surface area (TPSA) is 0 Å². The van der Waals surface area contributed by atoms with Crippen LogP contribution in [0.2, 0.25) is 0 Å². The number of hydrogen-bond donors (Lipinski definition) is 0. The van der Waals surface area contributed by atoms with Crippen LogP contribution in [0.25, 0.3) is 0 Å². The fraction of sp³-hybridized carbons (Fsp3) is 0.667. The molecule has 0 saturated carbocycles. The van der Waals surface area contributed by atoms with Gasteiger partial charge in [-0.25, -0.2) is 0 Å². The van der Waals surface area contributed by atoms with Gasteiger partial charge in [-0.3, -0.25) is 0 Å². The maximum absolute atomic E-state index is 3.88. The zero-order valence-electron chi connectivity index (χ0n) is 21.5. The second kappa shape index (κ2) is 18.5. The molecule has 30 heavy (non-hydrogen) atoms. The molecule has 0 aliphatic rings. The van der Waals surface area contributed by atoms with E-state index >= 15 is 0 Å². The van der Waals surface area contributed by atoms with E-state index in [9.17, 15) is 0 Å². The molecule has 0 nitrogen and oxygen atoms in total. The molecule has 0 aromatic heterocycles. The van der Waals surface area contributed by atoms with Gasteiger partial charge in [-0.1, -0.05) is 139 Å². The summed E-state index contributed by atoms with van der Waals surface area (Å²) in [6.07, 6.45) is 26.6. The van der Waals surface area contributed by atoms with Crippen molar-refractivity contribution in [3.8, 4) is 0 Å². The summed E-state index contributed by atoms with van der Waals surface area (Å²) in [7, 11) is 0. The van der Waals surface area contributed by atoms with Crippen molar-refractivity contribution in [1.29, 1.82) is 0 Å². The van der Waals surface area contributed by atoms with E-state index in [2.05, 4.69) is 78.5 Å². The Labute approximate surface area is 190 Å². The Morgan fingerprint density at radius 3 is 1.77 bits per heavy atom. The van der Waals surface area contributed by atoms with Crippen molar-refractivity contribution >= 4 is 0 Å². The quantitative estimate of drug-likeness (QED) is 0.164. The second-order valence-electron chi connectivity index (χ2n) is 10.2. The van der Waals surface area contributed by atoms with Gasteiger partial charge in [0, 0.05) is 0 Å². The molecule has 0 amide bonds. The molecule has 0 spiro atoms. The second-order valence-corrected chi connectivity index (χ2v) is 10.2. The minimum atomic E-state index is 0.863. The van der Waals surface area contributed by atoms with E-state index in [0.717, 1.165) is 23.3 Å².